The Kier molecular flexibility index (Phi) is 5.39. The van der Waals surface area contributed by atoms with E-state index in [1.165, 1.54) is 0 Å². The smallest absolute Gasteiger partial charge is 0.343 e. The third-order valence-corrected chi connectivity index (χ3v) is 5.36. The van der Waals surface area contributed by atoms with Crippen LogP contribution in [0.1, 0.15) is 44.4 Å². The van der Waals surface area contributed by atoms with Gasteiger partial charge in [-0.3, -0.25) is 19.8 Å². The van der Waals surface area contributed by atoms with Gasteiger partial charge in [0.15, 0.2) is 0 Å². The van der Waals surface area contributed by atoms with E-state index in [0.29, 0.717) is 44.4 Å². The first-order valence-corrected chi connectivity index (χ1v) is 9.85. The van der Waals surface area contributed by atoms with Crippen molar-refractivity contribution in [3.8, 4) is 5.75 Å². The first-order chi connectivity index (χ1) is 14.8. The van der Waals surface area contributed by atoms with Crippen molar-refractivity contribution in [3.05, 3.63) is 108 Å². The summed E-state index contributed by atoms with van der Waals surface area (Å²) >= 11 is 5.85. The fourth-order valence-electron chi connectivity index (χ4n) is 3.56. The fourth-order valence-corrected chi connectivity index (χ4v) is 3.69. The van der Waals surface area contributed by atoms with E-state index in [4.69, 9.17) is 16.3 Å². The molecule has 0 fully saturated rings. The Morgan fingerprint density at radius 3 is 1.77 bits per heavy atom. The minimum atomic E-state index is -0.606. The Balaban J connectivity index is 1.69. The van der Waals surface area contributed by atoms with E-state index in [2.05, 4.69) is 20.4 Å². The molecule has 0 atom stereocenters. The summed E-state index contributed by atoms with van der Waals surface area (Å²) in [5, 5.41) is 11.3. The number of nitrogens with one attached hydrogen (secondary N) is 4. The Morgan fingerprint density at radius 1 is 0.806 bits per heavy atom. The molecule has 2 aromatic carbocycles. The van der Waals surface area contributed by atoms with Gasteiger partial charge >= 0.3 is 5.97 Å². The van der Waals surface area contributed by atoms with Gasteiger partial charge in [-0.2, -0.15) is 0 Å². The second-order valence-corrected chi connectivity index (χ2v) is 7.57. The molecule has 31 heavy (non-hydrogen) atoms. The van der Waals surface area contributed by atoms with Gasteiger partial charge in [0, 0.05) is 22.3 Å². The summed E-state index contributed by atoms with van der Waals surface area (Å²) in [4.78, 5) is 37.3. The molecule has 0 radical (unpaired) electrons. The number of H-pyrrole nitrogens is 4. The van der Waals surface area contributed by atoms with Crippen LogP contribution in [0.5, 0.6) is 5.75 Å². The zero-order chi connectivity index (χ0) is 22.1. The van der Waals surface area contributed by atoms with Gasteiger partial charge in [-0.25, -0.2) is 4.79 Å². The third-order valence-electron chi connectivity index (χ3n) is 5.11. The molecule has 4 N–H and O–H groups in total. The van der Waals surface area contributed by atoms with Crippen LogP contribution in [0.2, 0.25) is 5.02 Å². The van der Waals surface area contributed by atoms with Crippen molar-refractivity contribution in [2.75, 3.05) is 0 Å². The number of hydrogen-bond donors (Lipinski definition) is 4. The summed E-state index contributed by atoms with van der Waals surface area (Å²) in [5.41, 5.74) is 2.61. The van der Waals surface area contributed by atoms with Gasteiger partial charge in [-0.15, -0.1) is 0 Å². The molecule has 4 rings (SSSR count). The monoisotopic (exact) mass is 438 g/mol. The molecule has 0 bridgehead atoms. The van der Waals surface area contributed by atoms with E-state index in [1.54, 1.807) is 62.4 Å². The molecule has 0 aliphatic carbocycles. The predicted octanol–water partition coefficient (Wildman–Crippen LogP) is 3.39. The lowest BCUT2D eigenvalue weighted by molar-refractivity contribution is 0.0734. The Hall–Kier alpha value is -3.78. The topological polar surface area (TPSA) is 124 Å². The Bertz CT molecular complexity index is 1290. The predicted molar refractivity (Wildman–Crippen MR) is 116 cm³/mol. The number of esters is 1. The third kappa shape index (κ3) is 3.97. The van der Waals surface area contributed by atoms with Crippen LogP contribution in [0.3, 0.4) is 0 Å². The largest absolute Gasteiger partial charge is 0.423 e. The van der Waals surface area contributed by atoms with Crippen LogP contribution >= 0.6 is 11.6 Å². The number of rotatable bonds is 5. The van der Waals surface area contributed by atoms with E-state index < -0.39 is 11.9 Å². The van der Waals surface area contributed by atoms with Crippen LogP contribution in [0.4, 0.5) is 0 Å². The van der Waals surface area contributed by atoms with Crippen molar-refractivity contribution < 1.29 is 9.53 Å². The zero-order valence-corrected chi connectivity index (χ0v) is 17.5. The van der Waals surface area contributed by atoms with Gasteiger partial charge in [0.25, 0.3) is 11.1 Å². The molecule has 0 aliphatic rings. The summed E-state index contributed by atoms with van der Waals surface area (Å²) < 4.78 is 5.42. The molecule has 0 saturated carbocycles. The maximum Gasteiger partial charge on any atom is 0.343 e. The van der Waals surface area contributed by atoms with Gasteiger partial charge in [0.1, 0.15) is 5.75 Å². The average Bonchev–Trinajstić information content (AvgIpc) is 3.26. The minimum Gasteiger partial charge on any atom is -0.423 e. The van der Waals surface area contributed by atoms with E-state index in [0.717, 1.165) is 0 Å². The highest BCUT2D eigenvalue weighted by molar-refractivity contribution is 6.30. The molecule has 8 nitrogen and oxygen atoms in total. The summed E-state index contributed by atoms with van der Waals surface area (Å²) in [5.74, 6) is -0.787. The lowest BCUT2D eigenvalue weighted by atomic mass is 9.85. The lowest BCUT2D eigenvalue weighted by Gasteiger charge is -2.16. The quantitative estimate of drug-likeness (QED) is 0.281. The van der Waals surface area contributed by atoms with E-state index in [9.17, 15) is 14.4 Å². The van der Waals surface area contributed by atoms with E-state index in [1.807, 2.05) is 0 Å². The zero-order valence-electron chi connectivity index (χ0n) is 16.7. The Labute approximate surface area is 181 Å². The highest BCUT2D eigenvalue weighted by Gasteiger charge is 2.28. The van der Waals surface area contributed by atoms with Crippen LogP contribution < -0.4 is 15.9 Å². The number of benzene rings is 2. The van der Waals surface area contributed by atoms with E-state index in [-0.39, 0.29) is 11.1 Å². The van der Waals surface area contributed by atoms with E-state index >= 15 is 0 Å². The molecule has 0 amide bonds. The minimum absolute atomic E-state index is 0.305. The van der Waals surface area contributed by atoms with Crippen molar-refractivity contribution >= 4 is 17.6 Å². The average molecular weight is 439 g/mol. The van der Waals surface area contributed by atoms with Crippen LogP contribution in [-0.4, -0.2) is 26.4 Å². The second kappa shape index (κ2) is 8.16. The number of hydrogen-bond acceptors (Lipinski definition) is 4. The SMILES string of the molecule is Cc1[nH][nH]c(=O)c1C(c1ccc(OC(=O)c2ccc(Cl)cc2)cc1)c1c(C)[nH][nH]c1=O. The molecule has 2 aromatic heterocycles. The first-order valence-electron chi connectivity index (χ1n) is 9.47. The molecular formula is C22H19ClN4O4. The molecule has 2 heterocycles. The van der Waals surface area contributed by atoms with Gasteiger partial charge in [-0.05, 0) is 55.8 Å². The molecule has 158 valence electrons. The summed E-state index contributed by atoms with van der Waals surface area (Å²) in [6, 6.07) is 13.1. The summed E-state index contributed by atoms with van der Waals surface area (Å²) in [7, 11) is 0. The molecule has 0 aliphatic heterocycles. The van der Waals surface area contributed by atoms with Gasteiger partial charge in [0.05, 0.1) is 16.7 Å². The van der Waals surface area contributed by atoms with Crippen LogP contribution in [-0.2, 0) is 0 Å². The number of aryl methyl sites for hydroxylation is 2. The van der Waals surface area contributed by atoms with Crippen LogP contribution in [0.15, 0.2) is 58.1 Å². The van der Waals surface area contributed by atoms with Crippen molar-refractivity contribution in [1.82, 2.24) is 20.4 Å². The number of ether oxygens (including phenoxy) is 1. The van der Waals surface area contributed by atoms with Crippen molar-refractivity contribution in [2.24, 2.45) is 0 Å². The number of carbonyl (C=O) groups excluding carboxylic acids is 1. The molecule has 9 heteroatoms. The molecular weight excluding hydrogens is 420 g/mol. The maximum atomic E-state index is 12.5. The lowest BCUT2D eigenvalue weighted by Crippen LogP contribution is -2.20. The molecule has 0 saturated heterocycles. The van der Waals surface area contributed by atoms with Crippen molar-refractivity contribution in [3.63, 3.8) is 0 Å². The Morgan fingerprint density at radius 2 is 1.32 bits per heavy atom. The number of aromatic amines is 4. The van der Waals surface area contributed by atoms with Gasteiger partial charge in [0.2, 0.25) is 0 Å². The van der Waals surface area contributed by atoms with Crippen LogP contribution in [0, 0.1) is 13.8 Å². The van der Waals surface area contributed by atoms with Crippen LogP contribution in [0.25, 0.3) is 0 Å². The normalized spacial score (nSPS) is 11.1. The summed E-state index contributed by atoms with van der Waals surface area (Å²) in [6.45, 7) is 3.53. The molecule has 0 unspecified atom stereocenters. The highest BCUT2D eigenvalue weighted by atomic mass is 35.5. The first kappa shape index (κ1) is 20.5. The standard InChI is InChI=1S/C22H19ClN4O4/c1-11-17(20(28)26-24-11)19(18-12(2)25-27-21(18)29)13-5-9-16(10-6-13)31-22(30)14-3-7-15(23)8-4-14/h3-10,19H,1-2H3,(H2,24,26,28)(H2,25,27,29). The number of carbonyl (C=O) groups is 1. The second-order valence-electron chi connectivity index (χ2n) is 7.13. The number of aromatic nitrogens is 4. The highest BCUT2D eigenvalue weighted by Crippen LogP contribution is 2.32. The number of halogens is 1. The van der Waals surface area contributed by atoms with Gasteiger partial charge in [-0.1, -0.05) is 23.7 Å². The fraction of sp³-hybridized carbons (Fsp3) is 0.136. The maximum absolute atomic E-state index is 12.5. The van der Waals surface area contributed by atoms with Crippen molar-refractivity contribution in [1.29, 1.82) is 0 Å². The van der Waals surface area contributed by atoms with Crippen molar-refractivity contribution in [2.45, 2.75) is 19.8 Å². The summed E-state index contributed by atoms with van der Waals surface area (Å²) in [6.07, 6.45) is 0. The van der Waals surface area contributed by atoms with Gasteiger partial charge < -0.3 is 14.9 Å². The molecule has 0 spiro atoms. The molecule has 4 aromatic rings.